The molecule has 27 heavy (non-hydrogen) atoms. The molecule has 2 aliphatic rings. The van der Waals surface area contributed by atoms with Crippen molar-refractivity contribution in [1.82, 2.24) is 9.88 Å². The van der Waals surface area contributed by atoms with Crippen molar-refractivity contribution < 1.29 is 14.6 Å². The Morgan fingerprint density at radius 1 is 1.33 bits per heavy atom. The lowest BCUT2D eigenvalue weighted by atomic mass is 9.67. The highest BCUT2D eigenvalue weighted by atomic mass is 16.5. The molecule has 1 atom stereocenters. The van der Waals surface area contributed by atoms with E-state index in [-0.39, 0.29) is 35.4 Å². The monoisotopic (exact) mass is 374 g/mol. The van der Waals surface area contributed by atoms with E-state index in [2.05, 4.69) is 31.8 Å². The van der Waals surface area contributed by atoms with E-state index in [1.165, 1.54) is 0 Å². The summed E-state index contributed by atoms with van der Waals surface area (Å²) in [6.07, 6.45) is 5.13. The number of hydrogen-bond donors (Lipinski definition) is 1. The van der Waals surface area contributed by atoms with Crippen LogP contribution in [0.3, 0.4) is 0 Å². The maximum Gasteiger partial charge on any atom is 0.228 e. The van der Waals surface area contributed by atoms with E-state index >= 15 is 0 Å². The second kappa shape index (κ2) is 7.78. The molecule has 1 spiro atoms. The Morgan fingerprint density at radius 3 is 2.56 bits per heavy atom. The third-order valence-corrected chi connectivity index (χ3v) is 6.20. The van der Waals surface area contributed by atoms with Crippen LogP contribution in [0.1, 0.15) is 65.5 Å². The van der Waals surface area contributed by atoms with Crippen LogP contribution < -0.4 is 4.74 Å². The van der Waals surface area contributed by atoms with Gasteiger partial charge in [-0.2, -0.15) is 0 Å². The van der Waals surface area contributed by atoms with Crippen LogP contribution in [-0.4, -0.2) is 46.7 Å². The first kappa shape index (κ1) is 20.1. The first-order valence-corrected chi connectivity index (χ1v) is 10.3. The van der Waals surface area contributed by atoms with E-state index in [1.54, 1.807) is 0 Å². The Hall–Kier alpha value is -1.62. The Labute approximate surface area is 163 Å². The number of carbonyl (C=O) groups is 1. The van der Waals surface area contributed by atoms with Gasteiger partial charge in [0.15, 0.2) is 0 Å². The summed E-state index contributed by atoms with van der Waals surface area (Å²) in [5.41, 5.74) is 1.34. The summed E-state index contributed by atoms with van der Waals surface area (Å²) in [6, 6.07) is 6.02. The number of aliphatic hydroxyl groups is 1. The summed E-state index contributed by atoms with van der Waals surface area (Å²) in [5, 5.41) is 9.34. The van der Waals surface area contributed by atoms with Gasteiger partial charge in [0, 0.05) is 35.7 Å². The predicted octanol–water partition coefficient (Wildman–Crippen LogP) is 3.55. The van der Waals surface area contributed by atoms with Crippen LogP contribution in [0.2, 0.25) is 0 Å². The van der Waals surface area contributed by atoms with Crippen LogP contribution in [0, 0.1) is 11.3 Å². The van der Waals surface area contributed by atoms with Gasteiger partial charge in [-0.3, -0.25) is 4.79 Å². The fourth-order valence-corrected chi connectivity index (χ4v) is 4.27. The smallest absolute Gasteiger partial charge is 0.228 e. The number of carbonyl (C=O) groups excluding carboxylic acids is 1. The lowest BCUT2D eigenvalue weighted by Crippen LogP contribution is -2.61. The molecule has 2 fully saturated rings. The van der Waals surface area contributed by atoms with Gasteiger partial charge < -0.3 is 14.7 Å². The second-order valence-corrected chi connectivity index (χ2v) is 9.41. The van der Waals surface area contributed by atoms with Crippen molar-refractivity contribution in [2.24, 2.45) is 11.3 Å². The summed E-state index contributed by atoms with van der Waals surface area (Å²) in [4.78, 5) is 19.0. The molecule has 0 unspecified atom stereocenters. The zero-order chi connectivity index (χ0) is 19.7. The van der Waals surface area contributed by atoms with Crippen LogP contribution in [-0.2, 0) is 10.2 Å². The van der Waals surface area contributed by atoms with Crippen molar-refractivity contribution in [2.75, 3.05) is 19.7 Å². The van der Waals surface area contributed by atoms with Crippen molar-refractivity contribution in [3.05, 3.63) is 23.9 Å². The van der Waals surface area contributed by atoms with E-state index in [4.69, 9.17) is 4.74 Å². The van der Waals surface area contributed by atoms with Gasteiger partial charge in [0.25, 0.3) is 0 Å². The molecule has 0 bridgehead atoms. The zero-order valence-corrected chi connectivity index (χ0v) is 17.2. The largest absolute Gasteiger partial charge is 0.474 e. The van der Waals surface area contributed by atoms with Gasteiger partial charge in [0.05, 0.1) is 12.5 Å². The molecule has 1 saturated heterocycles. The number of likely N-dealkylation sites (tertiary alicyclic amines) is 1. The van der Waals surface area contributed by atoms with Crippen LogP contribution in [0.5, 0.6) is 5.88 Å². The summed E-state index contributed by atoms with van der Waals surface area (Å²) in [6.45, 7) is 10.1. The maximum atomic E-state index is 12.4. The van der Waals surface area contributed by atoms with Crippen LogP contribution in [0.25, 0.3) is 0 Å². The average Bonchev–Trinajstić information content (AvgIpc) is 2.61. The quantitative estimate of drug-likeness (QED) is 0.856. The highest BCUT2D eigenvalue weighted by Crippen LogP contribution is 2.45. The molecule has 0 aromatic carbocycles. The number of aliphatic hydroxyl groups excluding tert-OH is 1. The minimum Gasteiger partial charge on any atom is -0.474 e. The van der Waals surface area contributed by atoms with Gasteiger partial charge in [-0.15, -0.1) is 0 Å². The summed E-state index contributed by atoms with van der Waals surface area (Å²) < 4.78 is 6.18. The highest BCUT2D eigenvalue weighted by Gasteiger charge is 2.48. The predicted molar refractivity (Wildman–Crippen MR) is 106 cm³/mol. The average molecular weight is 375 g/mol. The molecule has 1 aromatic rings. The van der Waals surface area contributed by atoms with E-state index in [9.17, 15) is 9.90 Å². The molecule has 1 N–H and O–H groups in total. The maximum absolute atomic E-state index is 12.4. The van der Waals surface area contributed by atoms with E-state index in [1.807, 2.05) is 24.0 Å². The van der Waals surface area contributed by atoms with Crippen LogP contribution in [0.15, 0.2) is 18.2 Å². The molecule has 5 nitrogen and oxygen atoms in total. The lowest BCUT2D eigenvalue weighted by molar-refractivity contribution is -0.152. The van der Waals surface area contributed by atoms with Gasteiger partial charge in [0.1, 0.15) is 6.10 Å². The Balaban J connectivity index is 1.50. The lowest BCUT2D eigenvalue weighted by Gasteiger charge is -2.54. The summed E-state index contributed by atoms with van der Waals surface area (Å²) in [5.74, 6) is 0.609. The highest BCUT2D eigenvalue weighted by molar-refractivity contribution is 5.80. The van der Waals surface area contributed by atoms with Crippen LogP contribution in [0.4, 0.5) is 0 Å². The second-order valence-electron chi connectivity index (χ2n) is 9.41. The van der Waals surface area contributed by atoms with Gasteiger partial charge in [-0.1, -0.05) is 33.8 Å². The molecular formula is C22H34N2O3. The van der Waals surface area contributed by atoms with Gasteiger partial charge in [0.2, 0.25) is 11.8 Å². The SMILES string of the molecule is CC[C@H](CO)C(=O)N1CC2(CCC(Oc3cccc(C(C)(C)C)n3)CC2)C1. The molecule has 1 aromatic heterocycles. The van der Waals surface area contributed by atoms with Crippen molar-refractivity contribution in [3.63, 3.8) is 0 Å². The third-order valence-electron chi connectivity index (χ3n) is 6.20. The first-order chi connectivity index (χ1) is 12.8. The minimum absolute atomic E-state index is 0.0167. The van der Waals surface area contributed by atoms with Crippen molar-refractivity contribution in [1.29, 1.82) is 0 Å². The summed E-state index contributed by atoms with van der Waals surface area (Å²) in [7, 11) is 0. The van der Waals surface area contributed by atoms with E-state index < -0.39 is 0 Å². The molecule has 1 saturated carbocycles. The number of amides is 1. The number of nitrogens with zero attached hydrogens (tertiary/aromatic N) is 2. The number of rotatable bonds is 5. The molecular weight excluding hydrogens is 340 g/mol. The molecule has 5 heteroatoms. The standard InChI is InChI=1S/C22H34N2O3/c1-5-16(13-25)20(26)24-14-22(15-24)11-9-17(10-12-22)27-19-8-6-7-18(23-19)21(2,3)4/h6-8,16-17,25H,5,9-15H2,1-4H3/t16-/m1/s1. The number of ether oxygens (including phenoxy) is 1. The molecule has 1 aliphatic carbocycles. The number of hydrogen-bond acceptors (Lipinski definition) is 4. The van der Waals surface area contributed by atoms with Gasteiger partial charge >= 0.3 is 0 Å². The Morgan fingerprint density at radius 2 is 2.00 bits per heavy atom. The molecule has 1 amide bonds. The Bertz CT molecular complexity index is 648. The fraction of sp³-hybridized carbons (Fsp3) is 0.727. The number of aromatic nitrogens is 1. The van der Waals surface area contributed by atoms with Crippen molar-refractivity contribution >= 4 is 5.91 Å². The topological polar surface area (TPSA) is 62.7 Å². The van der Waals surface area contributed by atoms with Gasteiger partial charge in [-0.25, -0.2) is 4.98 Å². The number of pyridine rings is 1. The normalized spacial score (nSPS) is 21.0. The Kier molecular flexibility index (Phi) is 5.80. The first-order valence-electron chi connectivity index (χ1n) is 10.3. The summed E-state index contributed by atoms with van der Waals surface area (Å²) >= 11 is 0. The van der Waals surface area contributed by atoms with Crippen molar-refractivity contribution in [2.45, 2.75) is 71.3 Å². The van der Waals surface area contributed by atoms with E-state index in [0.29, 0.717) is 6.42 Å². The molecule has 0 radical (unpaired) electrons. The molecule has 2 heterocycles. The van der Waals surface area contributed by atoms with E-state index in [0.717, 1.165) is 50.3 Å². The molecule has 3 rings (SSSR count). The molecule has 1 aliphatic heterocycles. The molecule has 150 valence electrons. The minimum atomic E-state index is -0.233. The van der Waals surface area contributed by atoms with Crippen molar-refractivity contribution in [3.8, 4) is 5.88 Å². The van der Waals surface area contributed by atoms with Gasteiger partial charge in [-0.05, 0) is 38.2 Å². The fourth-order valence-electron chi connectivity index (χ4n) is 4.27. The zero-order valence-electron chi connectivity index (χ0n) is 17.2. The van der Waals surface area contributed by atoms with Crippen LogP contribution >= 0.6 is 0 Å². The third kappa shape index (κ3) is 4.45.